The van der Waals surface area contributed by atoms with Crippen LogP contribution in [0, 0.1) is 5.41 Å². The predicted octanol–water partition coefficient (Wildman–Crippen LogP) is 0.564. The molecule has 1 atom stereocenters. The van der Waals surface area contributed by atoms with E-state index in [9.17, 15) is 0 Å². The highest BCUT2D eigenvalue weighted by atomic mass is 16.5. The quantitative estimate of drug-likeness (QED) is 0.679. The minimum atomic E-state index is 0.361. The molecule has 1 saturated heterocycles. The Balaban J connectivity index is 2.42. The van der Waals surface area contributed by atoms with Crippen LogP contribution in [0.1, 0.15) is 13.3 Å². The second-order valence-electron chi connectivity index (χ2n) is 4.32. The Morgan fingerprint density at radius 2 is 2.23 bits per heavy atom. The van der Waals surface area contributed by atoms with Gasteiger partial charge in [0.2, 0.25) is 0 Å². The molecule has 1 fully saturated rings. The highest BCUT2D eigenvalue weighted by Gasteiger charge is 2.34. The highest BCUT2D eigenvalue weighted by molar-refractivity contribution is 4.87. The largest absolute Gasteiger partial charge is 0.381 e. The summed E-state index contributed by atoms with van der Waals surface area (Å²) >= 11 is 0. The molecule has 13 heavy (non-hydrogen) atoms. The third kappa shape index (κ3) is 3.25. The van der Waals surface area contributed by atoms with E-state index in [1.54, 1.807) is 0 Å². The summed E-state index contributed by atoms with van der Waals surface area (Å²) in [5.74, 6) is 0. The van der Waals surface area contributed by atoms with Gasteiger partial charge in [-0.15, -0.1) is 0 Å². The Morgan fingerprint density at radius 3 is 2.69 bits per heavy atom. The van der Waals surface area contributed by atoms with E-state index >= 15 is 0 Å². The van der Waals surface area contributed by atoms with E-state index in [2.05, 4.69) is 31.2 Å². The fourth-order valence-corrected chi connectivity index (χ4v) is 2.03. The fourth-order valence-electron chi connectivity index (χ4n) is 2.03. The Hall–Kier alpha value is -0.120. The lowest BCUT2D eigenvalue weighted by Crippen LogP contribution is -2.42. The van der Waals surface area contributed by atoms with Crippen molar-refractivity contribution < 1.29 is 4.74 Å². The number of hydrogen-bond acceptors (Lipinski definition) is 3. The lowest BCUT2D eigenvalue weighted by atomic mass is 9.86. The zero-order chi connectivity index (χ0) is 9.73. The first kappa shape index (κ1) is 11.0. The van der Waals surface area contributed by atoms with E-state index in [-0.39, 0.29) is 0 Å². The molecule has 1 rings (SSSR count). The van der Waals surface area contributed by atoms with Crippen molar-refractivity contribution in [1.29, 1.82) is 0 Å². The molecule has 3 heteroatoms. The number of nitrogens with zero attached hydrogens (tertiary/aromatic N) is 1. The van der Waals surface area contributed by atoms with Gasteiger partial charge in [0, 0.05) is 25.1 Å². The van der Waals surface area contributed by atoms with Crippen molar-refractivity contribution in [1.82, 2.24) is 10.2 Å². The third-order valence-corrected chi connectivity index (χ3v) is 2.59. The number of ether oxygens (including phenoxy) is 1. The normalized spacial score (nSPS) is 28.6. The zero-order valence-electron chi connectivity index (χ0n) is 9.10. The van der Waals surface area contributed by atoms with Crippen molar-refractivity contribution >= 4 is 0 Å². The van der Waals surface area contributed by atoms with Crippen LogP contribution in [0.25, 0.3) is 0 Å². The first-order valence-electron chi connectivity index (χ1n) is 5.12. The first-order valence-corrected chi connectivity index (χ1v) is 5.12. The van der Waals surface area contributed by atoms with Gasteiger partial charge in [0.15, 0.2) is 0 Å². The molecule has 0 aromatic heterocycles. The van der Waals surface area contributed by atoms with Crippen molar-refractivity contribution in [2.45, 2.75) is 13.3 Å². The van der Waals surface area contributed by atoms with Crippen LogP contribution in [-0.4, -0.2) is 51.8 Å². The van der Waals surface area contributed by atoms with Crippen molar-refractivity contribution in [2.75, 3.05) is 46.9 Å². The van der Waals surface area contributed by atoms with Crippen LogP contribution in [0.15, 0.2) is 0 Å². The molecule has 0 aromatic carbocycles. The maximum Gasteiger partial charge on any atom is 0.0547 e. The summed E-state index contributed by atoms with van der Waals surface area (Å²) in [6, 6.07) is 0. The molecule has 0 amide bonds. The maximum absolute atomic E-state index is 5.49. The van der Waals surface area contributed by atoms with E-state index in [0.29, 0.717) is 5.41 Å². The van der Waals surface area contributed by atoms with Gasteiger partial charge in [-0.3, -0.25) is 0 Å². The second kappa shape index (κ2) is 4.94. The van der Waals surface area contributed by atoms with Crippen molar-refractivity contribution in [3.63, 3.8) is 0 Å². The second-order valence-corrected chi connectivity index (χ2v) is 4.32. The van der Waals surface area contributed by atoms with E-state index < -0.39 is 0 Å². The standard InChI is InChI=1S/C10H22N2O/c1-4-11-7-10(8-12(2)3)5-6-13-9-10/h11H,4-9H2,1-3H3. The number of rotatable bonds is 5. The molecule has 0 bridgehead atoms. The molecule has 0 aromatic rings. The van der Waals surface area contributed by atoms with Gasteiger partial charge < -0.3 is 15.0 Å². The lowest BCUT2D eigenvalue weighted by Gasteiger charge is -2.30. The van der Waals surface area contributed by atoms with Crippen molar-refractivity contribution in [3.05, 3.63) is 0 Å². The van der Waals surface area contributed by atoms with Crippen molar-refractivity contribution in [3.8, 4) is 0 Å². The maximum atomic E-state index is 5.49. The Kier molecular flexibility index (Phi) is 4.16. The molecule has 1 N–H and O–H groups in total. The van der Waals surface area contributed by atoms with Crippen LogP contribution in [0.2, 0.25) is 0 Å². The molecule has 3 nitrogen and oxygen atoms in total. The van der Waals surface area contributed by atoms with Gasteiger partial charge in [-0.25, -0.2) is 0 Å². The monoisotopic (exact) mass is 186 g/mol. The summed E-state index contributed by atoms with van der Waals surface area (Å²) in [5, 5.41) is 3.43. The third-order valence-electron chi connectivity index (χ3n) is 2.59. The summed E-state index contributed by atoms with van der Waals surface area (Å²) in [4.78, 5) is 2.26. The average Bonchev–Trinajstić information content (AvgIpc) is 2.49. The SMILES string of the molecule is CCNCC1(CN(C)C)CCOC1. The van der Waals surface area contributed by atoms with Gasteiger partial charge in [0.25, 0.3) is 0 Å². The van der Waals surface area contributed by atoms with Crippen LogP contribution in [0.3, 0.4) is 0 Å². The van der Waals surface area contributed by atoms with Crippen LogP contribution in [-0.2, 0) is 4.74 Å². The average molecular weight is 186 g/mol. The van der Waals surface area contributed by atoms with Crippen LogP contribution in [0.5, 0.6) is 0 Å². The highest BCUT2D eigenvalue weighted by Crippen LogP contribution is 2.28. The molecule has 1 unspecified atom stereocenters. The molecule has 0 saturated carbocycles. The summed E-state index contributed by atoms with van der Waals surface area (Å²) in [5.41, 5.74) is 0.361. The van der Waals surface area contributed by atoms with Gasteiger partial charge in [0.05, 0.1) is 6.61 Å². The predicted molar refractivity (Wildman–Crippen MR) is 55.0 cm³/mol. The van der Waals surface area contributed by atoms with Gasteiger partial charge in [-0.2, -0.15) is 0 Å². The van der Waals surface area contributed by atoms with Gasteiger partial charge >= 0.3 is 0 Å². The summed E-state index contributed by atoms with van der Waals surface area (Å²) < 4.78 is 5.49. The van der Waals surface area contributed by atoms with E-state index in [4.69, 9.17) is 4.74 Å². The van der Waals surface area contributed by atoms with Gasteiger partial charge in [0.1, 0.15) is 0 Å². The minimum absolute atomic E-state index is 0.361. The van der Waals surface area contributed by atoms with Crippen LogP contribution < -0.4 is 5.32 Å². The summed E-state index contributed by atoms with van der Waals surface area (Å²) in [6.07, 6.45) is 1.19. The molecule has 78 valence electrons. The smallest absolute Gasteiger partial charge is 0.0547 e. The Bertz CT molecular complexity index is 142. The minimum Gasteiger partial charge on any atom is -0.381 e. The number of hydrogen-bond donors (Lipinski definition) is 1. The van der Waals surface area contributed by atoms with Crippen LogP contribution >= 0.6 is 0 Å². The van der Waals surface area contributed by atoms with Gasteiger partial charge in [-0.05, 0) is 27.1 Å². The summed E-state index contributed by atoms with van der Waals surface area (Å²) in [7, 11) is 4.26. The van der Waals surface area contributed by atoms with E-state index in [1.165, 1.54) is 6.42 Å². The van der Waals surface area contributed by atoms with Crippen LogP contribution in [0.4, 0.5) is 0 Å². The molecule has 0 spiro atoms. The molecule has 0 radical (unpaired) electrons. The molecule has 1 aliphatic heterocycles. The lowest BCUT2D eigenvalue weighted by molar-refractivity contribution is 0.127. The molecule has 1 aliphatic rings. The molecular weight excluding hydrogens is 164 g/mol. The first-order chi connectivity index (χ1) is 6.18. The van der Waals surface area contributed by atoms with Gasteiger partial charge in [-0.1, -0.05) is 6.92 Å². The van der Waals surface area contributed by atoms with Crippen molar-refractivity contribution in [2.24, 2.45) is 5.41 Å². The Labute approximate surface area is 81.4 Å². The zero-order valence-corrected chi connectivity index (χ0v) is 9.10. The summed E-state index contributed by atoms with van der Waals surface area (Å²) in [6.45, 7) is 7.26. The Morgan fingerprint density at radius 1 is 1.46 bits per heavy atom. The topological polar surface area (TPSA) is 24.5 Å². The molecular formula is C10H22N2O. The molecule has 0 aliphatic carbocycles. The fraction of sp³-hybridized carbons (Fsp3) is 1.00. The van der Waals surface area contributed by atoms with E-state index in [0.717, 1.165) is 32.8 Å². The molecule has 1 heterocycles. The number of nitrogens with one attached hydrogen (secondary N) is 1. The van der Waals surface area contributed by atoms with E-state index in [1.807, 2.05) is 0 Å².